The van der Waals surface area contributed by atoms with E-state index in [4.69, 9.17) is 9.47 Å². The molecule has 0 aromatic heterocycles. The highest BCUT2D eigenvalue weighted by Crippen LogP contribution is 2.29. The Bertz CT molecular complexity index is 1040. The second-order valence-corrected chi connectivity index (χ2v) is 9.80. The van der Waals surface area contributed by atoms with Gasteiger partial charge >= 0.3 is 0 Å². The molecule has 0 radical (unpaired) electrons. The summed E-state index contributed by atoms with van der Waals surface area (Å²) in [5.74, 6) is 2.52. The summed E-state index contributed by atoms with van der Waals surface area (Å²) in [7, 11) is -3.72. The molecule has 10 heteroatoms. The molecule has 3 rings (SSSR count). The van der Waals surface area contributed by atoms with E-state index >= 15 is 0 Å². The number of rotatable bonds is 10. The van der Waals surface area contributed by atoms with Gasteiger partial charge in [0.1, 0.15) is 24.1 Å². The molecule has 1 N–H and O–H groups in total. The molecule has 2 aromatic rings. The number of para-hydroxylation sites is 2. The third kappa shape index (κ3) is 6.63. The Morgan fingerprint density at radius 3 is 2.71 bits per heavy atom. The zero-order valence-electron chi connectivity index (χ0n) is 17.4. The Kier molecular flexibility index (Phi) is 7.80. The van der Waals surface area contributed by atoms with Crippen molar-refractivity contribution in [3.8, 4) is 11.5 Å². The summed E-state index contributed by atoms with van der Waals surface area (Å²) in [6.07, 6.45) is 2.76. The number of nitrogens with zero attached hydrogens (tertiary/aromatic N) is 2. The van der Waals surface area contributed by atoms with E-state index in [0.717, 1.165) is 33.4 Å². The molecule has 1 aliphatic rings. The van der Waals surface area contributed by atoms with Crippen molar-refractivity contribution >= 4 is 39.6 Å². The number of nitrogens with one attached hydrogen (secondary N) is 1. The van der Waals surface area contributed by atoms with Crippen molar-refractivity contribution in [1.29, 1.82) is 0 Å². The number of benzene rings is 2. The first-order valence-corrected chi connectivity index (χ1v) is 12.7. The van der Waals surface area contributed by atoms with Gasteiger partial charge in [-0.3, -0.25) is 9.10 Å². The minimum Gasteiger partial charge on any atom is -0.492 e. The van der Waals surface area contributed by atoms with Gasteiger partial charge in [-0.05, 0) is 36.8 Å². The summed E-state index contributed by atoms with van der Waals surface area (Å²) in [6, 6.07) is 14.1. The fourth-order valence-corrected chi connectivity index (χ4v) is 4.23. The van der Waals surface area contributed by atoms with Crippen LogP contribution >= 0.6 is 11.8 Å². The first kappa shape index (κ1) is 23.0. The first-order chi connectivity index (χ1) is 14.9. The van der Waals surface area contributed by atoms with Crippen LogP contribution in [0.4, 0.5) is 5.69 Å². The smallest absolute Gasteiger partial charge is 0.260 e. The van der Waals surface area contributed by atoms with Crippen LogP contribution < -0.4 is 19.2 Å². The summed E-state index contributed by atoms with van der Waals surface area (Å²) in [4.78, 5) is 12.4. The lowest BCUT2D eigenvalue weighted by atomic mass is 10.2. The Morgan fingerprint density at radius 1 is 1.26 bits per heavy atom. The molecule has 0 atom stereocenters. The minimum atomic E-state index is -3.72. The molecule has 1 saturated heterocycles. The largest absolute Gasteiger partial charge is 0.492 e. The summed E-state index contributed by atoms with van der Waals surface area (Å²) < 4.78 is 37.0. The Morgan fingerprint density at radius 2 is 2.03 bits per heavy atom. The fraction of sp³-hybridized carbons (Fsp3) is 0.333. The maximum atomic E-state index is 12.4. The van der Waals surface area contributed by atoms with Gasteiger partial charge in [0.15, 0.2) is 0 Å². The number of hydrazone groups is 1. The van der Waals surface area contributed by atoms with E-state index in [1.54, 1.807) is 31.2 Å². The van der Waals surface area contributed by atoms with Gasteiger partial charge in [-0.1, -0.05) is 24.3 Å². The van der Waals surface area contributed by atoms with Crippen molar-refractivity contribution in [2.75, 3.05) is 35.2 Å². The number of carbonyl (C=O) groups is 1. The molecule has 2 aromatic carbocycles. The predicted molar refractivity (Wildman–Crippen MR) is 124 cm³/mol. The number of hydrogen-bond acceptors (Lipinski definition) is 7. The van der Waals surface area contributed by atoms with E-state index in [0.29, 0.717) is 18.0 Å². The topological polar surface area (TPSA) is 97.3 Å². The van der Waals surface area contributed by atoms with E-state index in [-0.39, 0.29) is 6.10 Å². The molecule has 1 aliphatic heterocycles. The average molecular weight is 464 g/mol. The molecule has 0 bridgehead atoms. The van der Waals surface area contributed by atoms with Crippen LogP contribution in [-0.4, -0.2) is 57.6 Å². The van der Waals surface area contributed by atoms with Crippen molar-refractivity contribution in [1.82, 2.24) is 5.43 Å². The zero-order chi connectivity index (χ0) is 22.3. The SMILES string of the molecule is CCOc1ccccc1N(CC(=O)N/N=C\c1cccc(OC2CSC2)c1)S(C)(=O)=O. The number of carbonyl (C=O) groups excluding carboxylic acids is 1. The van der Waals surface area contributed by atoms with E-state index in [1.165, 1.54) is 6.21 Å². The Hall–Kier alpha value is -2.72. The molecule has 1 fully saturated rings. The number of anilines is 1. The quantitative estimate of drug-likeness (QED) is 0.430. The molecule has 1 heterocycles. The van der Waals surface area contributed by atoms with Crippen LogP contribution in [-0.2, 0) is 14.8 Å². The molecule has 8 nitrogen and oxygen atoms in total. The van der Waals surface area contributed by atoms with E-state index in [1.807, 2.05) is 36.0 Å². The normalized spacial score (nSPS) is 14.1. The summed E-state index contributed by atoms with van der Waals surface area (Å²) in [5, 5.41) is 3.95. The number of thioether (sulfide) groups is 1. The van der Waals surface area contributed by atoms with Gasteiger partial charge < -0.3 is 9.47 Å². The number of sulfonamides is 1. The summed E-state index contributed by atoms with van der Waals surface area (Å²) in [6.45, 7) is 1.74. The van der Waals surface area contributed by atoms with Gasteiger partial charge in [-0.15, -0.1) is 0 Å². The lowest BCUT2D eigenvalue weighted by Crippen LogP contribution is -2.39. The lowest BCUT2D eigenvalue weighted by molar-refractivity contribution is -0.119. The van der Waals surface area contributed by atoms with E-state index in [9.17, 15) is 13.2 Å². The third-order valence-corrected chi connectivity index (χ3v) is 6.63. The molecule has 166 valence electrons. The molecule has 0 saturated carbocycles. The van der Waals surface area contributed by atoms with Crippen LogP contribution in [0.5, 0.6) is 11.5 Å². The van der Waals surface area contributed by atoms with E-state index in [2.05, 4.69) is 10.5 Å². The predicted octanol–water partition coefficient (Wildman–Crippen LogP) is 2.50. The standard InChI is InChI=1S/C21H25N3O5S2/c1-3-28-20-10-5-4-9-19(20)24(31(2,26)27)13-21(25)23-22-12-16-7-6-8-17(11-16)29-18-14-30-15-18/h4-12,18H,3,13-15H2,1-2H3,(H,23,25)/b22-12-. The maximum Gasteiger partial charge on any atom is 0.260 e. The lowest BCUT2D eigenvalue weighted by Gasteiger charge is -2.25. The second-order valence-electron chi connectivity index (χ2n) is 6.81. The van der Waals surface area contributed by atoms with Crippen LogP contribution in [0, 0.1) is 0 Å². The number of ether oxygens (including phenoxy) is 2. The van der Waals surface area contributed by atoms with Crippen molar-refractivity contribution < 1.29 is 22.7 Å². The van der Waals surface area contributed by atoms with Gasteiger partial charge in [-0.25, -0.2) is 13.8 Å². The molecule has 0 unspecified atom stereocenters. The summed E-state index contributed by atoms with van der Waals surface area (Å²) >= 11 is 1.84. The van der Waals surface area contributed by atoms with Crippen LogP contribution in [0.3, 0.4) is 0 Å². The summed E-state index contributed by atoms with van der Waals surface area (Å²) in [5.41, 5.74) is 3.43. The van der Waals surface area contributed by atoms with Crippen LogP contribution in [0.1, 0.15) is 12.5 Å². The van der Waals surface area contributed by atoms with Gasteiger partial charge in [0.2, 0.25) is 10.0 Å². The highest BCUT2D eigenvalue weighted by Gasteiger charge is 2.24. The van der Waals surface area contributed by atoms with Gasteiger partial charge in [0.25, 0.3) is 5.91 Å². The van der Waals surface area contributed by atoms with Crippen LogP contribution in [0.15, 0.2) is 53.6 Å². The van der Waals surface area contributed by atoms with Crippen molar-refractivity contribution in [3.63, 3.8) is 0 Å². The molecular formula is C21H25N3O5S2. The van der Waals surface area contributed by atoms with Gasteiger partial charge in [0.05, 0.1) is 24.8 Å². The highest BCUT2D eigenvalue weighted by atomic mass is 32.2. The molecule has 1 amide bonds. The molecule has 0 aliphatic carbocycles. The fourth-order valence-electron chi connectivity index (χ4n) is 2.81. The van der Waals surface area contributed by atoms with Gasteiger partial charge in [0, 0.05) is 11.5 Å². The first-order valence-electron chi connectivity index (χ1n) is 9.72. The zero-order valence-corrected chi connectivity index (χ0v) is 19.0. The van der Waals surface area contributed by atoms with Crippen molar-refractivity contribution in [3.05, 3.63) is 54.1 Å². The van der Waals surface area contributed by atoms with Crippen molar-refractivity contribution in [2.24, 2.45) is 5.10 Å². The number of hydrogen-bond donors (Lipinski definition) is 1. The van der Waals surface area contributed by atoms with Crippen molar-refractivity contribution in [2.45, 2.75) is 13.0 Å². The number of amides is 1. The monoisotopic (exact) mass is 463 g/mol. The molecule has 31 heavy (non-hydrogen) atoms. The van der Waals surface area contributed by atoms with Crippen LogP contribution in [0.25, 0.3) is 0 Å². The average Bonchev–Trinajstić information content (AvgIpc) is 2.69. The Balaban J connectivity index is 1.65. The molecule has 0 spiro atoms. The minimum absolute atomic E-state index is 0.235. The van der Waals surface area contributed by atoms with E-state index < -0.39 is 22.5 Å². The van der Waals surface area contributed by atoms with Gasteiger partial charge in [-0.2, -0.15) is 16.9 Å². The third-order valence-electron chi connectivity index (χ3n) is 4.29. The highest BCUT2D eigenvalue weighted by molar-refractivity contribution is 8.00. The maximum absolute atomic E-state index is 12.4. The van der Waals surface area contributed by atoms with Crippen LogP contribution in [0.2, 0.25) is 0 Å². The second kappa shape index (κ2) is 10.5. The Labute approximate surface area is 186 Å². The molecular weight excluding hydrogens is 438 g/mol.